The van der Waals surface area contributed by atoms with Crippen molar-refractivity contribution in [1.29, 1.82) is 0 Å². The molecule has 0 amide bonds. The smallest absolute Gasteiger partial charge is 0.249 e. The number of anilines is 1. The number of fused-ring (bicyclic) bond motifs is 1. The SMILES string of the molecule is Cc1cc(C)cc(Oc2ncnc(Oc3cccc4ccccc34)c2N)c1. The second kappa shape index (κ2) is 6.96. The number of benzene rings is 3. The molecule has 1 heterocycles. The fourth-order valence-electron chi connectivity index (χ4n) is 3.02. The van der Waals surface area contributed by atoms with Crippen molar-refractivity contribution in [3.05, 3.63) is 78.1 Å². The summed E-state index contributed by atoms with van der Waals surface area (Å²) in [5.41, 5.74) is 8.68. The minimum atomic E-state index is 0.254. The maximum atomic E-state index is 6.22. The lowest BCUT2D eigenvalue weighted by Crippen LogP contribution is -2.01. The minimum Gasteiger partial charge on any atom is -0.437 e. The van der Waals surface area contributed by atoms with Gasteiger partial charge in [-0.1, -0.05) is 42.5 Å². The van der Waals surface area contributed by atoms with Crippen LogP contribution in [0.2, 0.25) is 0 Å². The van der Waals surface area contributed by atoms with E-state index >= 15 is 0 Å². The van der Waals surface area contributed by atoms with Crippen LogP contribution in [0, 0.1) is 13.8 Å². The average molecular weight is 357 g/mol. The first-order valence-electron chi connectivity index (χ1n) is 8.62. The van der Waals surface area contributed by atoms with Gasteiger partial charge in [0.2, 0.25) is 11.8 Å². The van der Waals surface area contributed by atoms with E-state index < -0.39 is 0 Å². The fourth-order valence-corrected chi connectivity index (χ4v) is 3.02. The van der Waals surface area contributed by atoms with Crippen molar-refractivity contribution in [2.45, 2.75) is 13.8 Å². The maximum absolute atomic E-state index is 6.22. The molecule has 5 nitrogen and oxygen atoms in total. The molecule has 4 aromatic rings. The first-order valence-corrected chi connectivity index (χ1v) is 8.62. The van der Waals surface area contributed by atoms with E-state index in [9.17, 15) is 0 Å². The van der Waals surface area contributed by atoms with Crippen LogP contribution in [0.5, 0.6) is 23.3 Å². The van der Waals surface area contributed by atoms with E-state index in [1.165, 1.54) is 6.33 Å². The summed E-state index contributed by atoms with van der Waals surface area (Å²) in [5, 5.41) is 2.06. The van der Waals surface area contributed by atoms with Crippen molar-refractivity contribution in [2.75, 3.05) is 5.73 Å². The highest BCUT2D eigenvalue weighted by atomic mass is 16.5. The second-order valence-corrected chi connectivity index (χ2v) is 6.40. The molecule has 0 unspecified atom stereocenters. The number of hydrogen-bond acceptors (Lipinski definition) is 5. The number of nitrogen functional groups attached to an aromatic ring is 1. The standard InChI is InChI=1S/C22H19N3O2/c1-14-10-15(2)12-17(11-14)26-21-20(23)22(25-13-24-21)27-19-9-5-7-16-6-3-4-8-18(16)19/h3-13H,23H2,1-2H3. The van der Waals surface area contributed by atoms with Crippen molar-refractivity contribution >= 4 is 16.5 Å². The first kappa shape index (κ1) is 16.8. The van der Waals surface area contributed by atoms with Gasteiger partial charge in [-0.15, -0.1) is 0 Å². The highest BCUT2D eigenvalue weighted by Gasteiger charge is 2.14. The molecule has 0 radical (unpaired) electrons. The van der Waals surface area contributed by atoms with Gasteiger partial charge in [0.25, 0.3) is 0 Å². The zero-order chi connectivity index (χ0) is 18.8. The zero-order valence-corrected chi connectivity index (χ0v) is 15.1. The fraction of sp³-hybridized carbons (Fsp3) is 0.0909. The number of aromatic nitrogens is 2. The van der Waals surface area contributed by atoms with Gasteiger partial charge in [-0.3, -0.25) is 0 Å². The normalized spacial score (nSPS) is 10.7. The third-order valence-electron chi connectivity index (χ3n) is 4.18. The predicted octanol–water partition coefficient (Wildman–Crippen LogP) is 5.41. The van der Waals surface area contributed by atoms with Gasteiger partial charge in [-0.2, -0.15) is 9.97 Å². The summed E-state index contributed by atoms with van der Waals surface area (Å²) in [5.74, 6) is 1.89. The van der Waals surface area contributed by atoms with Gasteiger partial charge in [-0.05, 0) is 48.6 Å². The van der Waals surface area contributed by atoms with Gasteiger partial charge >= 0.3 is 0 Å². The Morgan fingerprint density at radius 1 is 0.778 bits per heavy atom. The molecule has 0 spiro atoms. The maximum Gasteiger partial charge on any atom is 0.249 e. The summed E-state index contributed by atoms with van der Waals surface area (Å²) in [6.07, 6.45) is 1.38. The molecule has 0 saturated carbocycles. The van der Waals surface area contributed by atoms with Crippen LogP contribution in [0.4, 0.5) is 5.69 Å². The Bertz CT molecular complexity index is 1100. The first-order chi connectivity index (χ1) is 13.1. The lowest BCUT2D eigenvalue weighted by Gasteiger charge is -2.13. The third-order valence-corrected chi connectivity index (χ3v) is 4.18. The number of nitrogens with zero attached hydrogens (tertiary/aromatic N) is 2. The monoisotopic (exact) mass is 357 g/mol. The average Bonchev–Trinajstić information content (AvgIpc) is 2.64. The summed E-state index contributed by atoms with van der Waals surface area (Å²) < 4.78 is 11.9. The number of aryl methyl sites for hydroxylation is 2. The Morgan fingerprint density at radius 3 is 2.22 bits per heavy atom. The van der Waals surface area contributed by atoms with Crippen LogP contribution >= 0.6 is 0 Å². The highest BCUT2D eigenvalue weighted by molar-refractivity contribution is 5.88. The molecule has 4 rings (SSSR count). The van der Waals surface area contributed by atoms with Crippen molar-refractivity contribution in [1.82, 2.24) is 9.97 Å². The van der Waals surface area contributed by atoms with Crippen LogP contribution in [0.15, 0.2) is 67.0 Å². The Hall–Kier alpha value is -3.60. The van der Waals surface area contributed by atoms with E-state index in [0.717, 1.165) is 21.9 Å². The Kier molecular flexibility index (Phi) is 4.34. The molecule has 2 N–H and O–H groups in total. The number of ether oxygens (including phenoxy) is 2. The number of hydrogen-bond donors (Lipinski definition) is 1. The van der Waals surface area contributed by atoms with Gasteiger partial charge < -0.3 is 15.2 Å². The van der Waals surface area contributed by atoms with Gasteiger partial charge in [-0.25, -0.2) is 0 Å². The summed E-state index contributed by atoms with van der Waals surface area (Å²) >= 11 is 0. The minimum absolute atomic E-state index is 0.254. The van der Waals surface area contributed by atoms with Crippen LogP contribution in [0.25, 0.3) is 10.8 Å². The molecule has 5 heteroatoms. The molecule has 27 heavy (non-hydrogen) atoms. The molecular weight excluding hydrogens is 338 g/mol. The van der Waals surface area contributed by atoms with Crippen LogP contribution in [0.3, 0.4) is 0 Å². The lowest BCUT2D eigenvalue weighted by atomic mass is 10.1. The number of rotatable bonds is 4. The van der Waals surface area contributed by atoms with E-state index in [1.54, 1.807) is 0 Å². The van der Waals surface area contributed by atoms with E-state index in [2.05, 4.69) is 16.0 Å². The Morgan fingerprint density at radius 2 is 1.44 bits per heavy atom. The molecule has 134 valence electrons. The third kappa shape index (κ3) is 3.53. The summed E-state index contributed by atoms with van der Waals surface area (Å²) in [6, 6.07) is 19.8. The summed E-state index contributed by atoms with van der Waals surface area (Å²) in [4.78, 5) is 8.34. The van der Waals surface area contributed by atoms with E-state index in [4.69, 9.17) is 15.2 Å². The quantitative estimate of drug-likeness (QED) is 0.528. The molecule has 0 saturated heterocycles. The van der Waals surface area contributed by atoms with Crippen molar-refractivity contribution in [2.24, 2.45) is 0 Å². The van der Waals surface area contributed by atoms with Crippen molar-refractivity contribution in [3.8, 4) is 23.3 Å². The zero-order valence-electron chi connectivity index (χ0n) is 15.1. The van der Waals surface area contributed by atoms with Crippen molar-refractivity contribution < 1.29 is 9.47 Å². The lowest BCUT2D eigenvalue weighted by molar-refractivity contribution is 0.440. The summed E-state index contributed by atoms with van der Waals surface area (Å²) in [6.45, 7) is 4.02. The largest absolute Gasteiger partial charge is 0.437 e. The van der Waals surface area contributed by atoms with E-state index in [0.29, 0.717) is 11.5 Å². The van der Waals surface area contributed by atoms with E-state index in [1.807, 2.05) is 68.4 Å². The van der Waals surface area contributed by atoms with Gasteiger partial charge in [0, 0.05) is 5.39 Å². The van der Waals surface area contributed by atoms with Crippen molar-refractivity contribution in [3.63, 3.8) is 0 Å². The van der Waals surface area contributed by atoms with Crippen LogP contribution < -0.4 is 15.2 Å². The van der Waals surface area contributed by atoms with Gasteiger partial charge in [0.15, 0.2) is 5.69 Å². The van der Waals surface area contributed by atoms with E-state index in [-0.39, 0.29) is 17.4 Å². The van der Waals surface area contributed by atoms with Gasteiger partial charge in [0.05, 0.1) is 0 Å². The molecule has 1 aromatic heterocycles. The number of nitrogens with two attached hydrogens (primary N) is 1. The second-order valence-electron chi connectivity index (χ2n) is 6.40. The Labute approximate surface area is 157 Å². The van der Waals surface area contributed by atoms with Crippen LogP contribution in [-0.2, 0) is 0 Å². The molecule has 0 aliphatic carbocycles. The van der Waals surface area contributed by atoms with Crippen LogP contribution in [-0.4, -0.2) is 9.97 Å². The molecular formula is C22H19N3O2. The highest BCUT2D eigenvalue weighted by Crippen LogP contribution is 2.36. The molecule has 0 fully saturated rings. The Balaban J connectivity index is 1.67. The molecule has 0 aliphatic rings. The topological polar surface area (TPSA) is 70.3 Å². The predicted molar refractivity (Wildman–Crippen MR) is 106 cm³/mol. The molecule has 3 aromatic carbocycles. The van der Waals surface area contributed by atoms with Gasteiger partial charge in [0.1, 0.15) is 17.8 Å². The van der Waals surface area contributed by atoms with Crippen LogP contribution in [0.1, 0.15) is 11.1 Å². The molecule has 0 bridgehead atoms. The summed E-state index contributed by atoms with van der Waals surface area (Å²) in [7, 11) is 0. The molecule has 0 aliphatic heterocycles. The molecule has 0 atom stereocenters.